The van der Waals surface area contributed by atoms with Crippen LogP contribution in [0.2, 0.25) is 0 Å². The number of carbonyl (C=O) groups is 1. The molecular formula is C33H42FN2O4P. The summed E-state index contributed by atoms with van der Waals surface area (Å²) in [4.78, 5) is 19.7. The minimum Gasteiger partial charge on any atom is -0.481 e. The summed E-state index contributed by atoms with van der Waals surface area (Å²) in [5, 5.41) is 0. The molecular weight excluding hydrogens is 538 g/mol. The summed E-state index contributed by atoms with van der Waals surface area (Å²) in [6.45, 7) is 12.7. The van der Waals surface area contributed by atoms with Gasteiger partial charge >= 0.3 is 5.97 Å². The van der Waals surface area contributed by atoms with E-state index >= 15 is 0 Å². The van der Waals surface area contributed by atoms with Gasteiger partial charge < -0.3 is 14.0 Å². The molecule has 0 saturated heterocycles. The molecule has 3 aromatic rings. The molecule has 0 radical (unpaired) electrons. The van der Waals surface area contributed by atoms with E-state index in [1.807, 2.05) is 31.5 Å². The third-order valence-electron chi connectivity index (χ3n) is 7.67. The predicted octanol–water partition coefficient (Wildman–Crippen LogP) is 7.85. The minimum atomic E-state index is -2.21. The number of esters is 1. The first-order valence-electron chi connectivity index (χ1n) is 14.3. The number of hydrogen-bond donors (Lipinski definition) is 0. The molecule has 1 aromatic heterocycles. The SMILES string of the molecule is COc1cc(-c2ccc(C(=O)Oc3cccc([C@@H](CP(C)(C)=O)C4CC4)c3)cc2CN(C(C)C)C(C)C)c(F)cn1. The first-order chi connectivity index (χ1) is 19.4. The zero-order valence-electron chi connectivity index (χ0n) is 25.2. The lowest BCUT2D eigenvalue weighted by atomic mass is 9.96. The number of benzene rings is 2. The summed E-state index contributed by atoms with van der Waals surface area (Å²) in [5.74, 6) is 0.554. The average molecular weight is 581 g/mol. The number of rotatable bonds is 12. The Morgan fingerprint density at radius 2 is 1.76 bits per heavy atom. The molecule has 2 aromatic carbocycles. The van der Waals surface area contributed by atoms with Crippen molar-refractivity contribution < 1.29 is 23.2 Å². The number of hydrogen-bond acceptors (Lipinski definition) is 6. The summed E-state index contributed by atoms with van der Waals surface area (Å²) in [6.07, 6.45) is 4.08. The Labute approximate surface area is 243 Å². The van der Waals surface area contributed by atoms with Gasteiger partial charge in [0.1, 0.15) is 11.6 Å². The van der Waals surface area contributed by atoms with Gasteiger partial charge in [0.15, 0.2) is 0 Å². The lowest BCUT2D eigenvalue weighted by Crippen LogP contribution is -2.36. The molecule has 41 heavy (non-hydrogen) atoms. The van der Waals surface area contributed by atoms with Gasteiger partial charge in [-0.2, -0.15) is 0 Å². The van der Waals surface area contributed by atoms with Gasteiger partial charge in [0.05, 0.1) is 26.0 Å². The molecule has 6 nitrogen and oxygen atoms in total. The van der Waals surface area contributed by atoms with Crippen LogP contribution in [-0.2, 0) is 11.1 Å². The van der Waals surface area contributed by atoms with Crippen LogP contribution in [0.4, 0.5) is 4.39 Å². The monoisotopic (exact) mass is 580 g/mol. The molecule has 0 aliphatic heterocycles. The van der Waals surface area contributed by atoms with E-state index in [1.54, 1.807) is 30.3 Å². The number of halogens is 1. The quantitative estimate of drug-likeness (QED) is 0.123. The molecule has 1 fully saturated rings. The smallest absolute Gasteiger partial charge is 0.343 e. The van der Waals surface area contributed by atoms with Crippen LogP contribution < -0.4 is 9.47 Å². The molecule has 0 spiro atoms. The second kappa shape index (κ2) is 12.9. The van der Waals surface area contributed by atoms with Crippen LogP contribution in [0.15, 0.2) is 54.7 Å². The molecule has 220 valence electrons. The van der Waals surface area contributed by atoms with Crippen LogP contribution in [-0.4, -0.2) is 54.5 Å². The summed E-state index contributed by atoms with van der Waals surface area (Å²) in [7, 11) is -0.718. The number of nitrogens with zero attached hydrogens (tertiary/aromatic N) is 2. The first-order valence-corrected chi connectivity index (χ1v) is 17.1. The van der Waals surface area contributed by atoms with Crippen molar-refractivity contribution in [3.8, 4) is 22.8 Å². The molecule has 1 saturated carbocycles. The second-order valence-electron chi connectivity index (χ2n) is 12.1. The fraction of sp³-hybridized carbons (Fsp3) is 0.455. The fourth-order valence-electron chi connectivity index (χ4n) is 5.48. The average Bonchev–Trinajstić information content (AvgIpc) is 3.75. The van der Waals surface area contributed by atoms with Crippen molar-refractivity contribution in [2.45, 2.75) is 65.1 Å². The molecule has 0 N–H and O–H groups in total. The lowest BCUT2D eigenvalue weighted by Gasteiger charge is -2.31. The molecule has 0 amide bonds. The van der Waals surface area contributed by atoms with Crippen molar-refractivity contribution in [2.75, 3.05) is 26.6 Å². The first kappa shape index (κ1) is 30.9. The maximum atomic E-state index is 15.0. The van der Waals surface area contributed by atoms with Crippen LogP contribution in [0.25, 0.3) is 11.1 Å². The maximum Gasteiger partial charge on any atom is 0.343 e. The molecule has 0 unspecified atom stereocenters. The number of aromatic nitrogens is 1. The summed E-state index contributed by atoms with van der Waals surface area (Å²) >= 11 is 0. The standard InChI is InChI=1S/C33H42FN2O4P/c1-21(2)36(22(3)4)19-26-15-25(13-14-28(26)29-17-32(39-5)35-18-31(29)34)33(37)40-27-10-8-9-24(16-27)30(23-11-12-23)20-41(6,7)38/h8-10,13-18,21-23,30H,11-12,19-20H2,1-7H3/t30-/m0/s1. The number of ether oxygens (including phenoxy) is 2. The number of pyridine rings is 1. The predicted molar refractivity (Wildman–Crippen MR) is 163 cm³/mol. The Morgan fingerprint density at radius 3 is 2.37 bits per heavy atom. The van der Waals surface area contributed by atoms with Crippen molar-refractivity contribution in [1.82, 2.24) is 9.88 Å². The highest BCUT2D eigenvalue weighted by Gasteiger charge is 2.35. The van der Waals surface area contributed by atoms with Crippen molar-refractivity contribution in [2.24, 2.45) is 5.92 Å². The highest BCUT2D eigenvalue weighted by Crippen LogP contribution is 2.51. The van der Waals surface area contributed by atoms with Crippen LogP contribution in [0, 0.1) is 11.7 Å². The van der Waals surface area contributed by atoms with Gasteiger partial charge in [-0.3, -0.25) is 4.90 Å². The van der Waals surface area contributed by atoms with E-state index in [1.165, 1.54) is 7.11 Å². The molecule has 0 bridgehead atoms. The van der Waals surface area contributed by atoms with E-state index in [4.69, 9.17) is 9.47 Å². The number of carbonyl (C=O) groups excluding carboxylic acids is 1. The van der Waals surface area contributed by atoms with Crippen LogP contribution in [0.5, 0.6) is 11.6 Å². The van der Waals surface area contributed by atoms with Crippen molar-refractivity contribution in [3.05, 3.63) is 77.2 Å². The normalized spacial score (nSPS) is 14.5. The molecule has 1 heterocycles. The summed E-state index contributed by atoms with van der Waals surface area (Å²) in [6, 6.07) is 14.9. The van der Waals surface area contributed by atoms with Crippen molar-refractivity contribution in [3.63, 3.8) is 0 Å². The van der Waals surface area contributed by atoms with Gasteiger partial charge in [-0.15, -0.1) is 0 Å². The van der Waals surface area contributed by atoms with E-state index < -0.39 is 18.9 Å². The van der Waals surface area contributed by atoms with Gasteiger partial charge in [0.2, 0.25) is 5.88 Å². The Morgan fingerprint density at radius 1 is 1.05 bits per heavy atom. The van der Waals surface area contributed by atoms with Gasteiger partial charge in [0.25, 0.3) is 0 Å². The third-order valence-corrected chi connectivity index (χ3v) is 8.95. The fourth-order valence-corrected chi connectivity index (χ4v) is 6.94. The molecule has 4 rings (SSSR count). The Hall–Kier alpha value is -3.02. The second-order valence-corrected chi connectivity index (χ2v) is 15.6. The van der Waals surface area contributed by atoms with Gasteiger partial charge in [0, 0.05) is 36.4 Å². The highest BCUT2D eigenvalue weighted by atomic mass is 31.2. The van der Waals surface area contributed by atoms with Gasteiger partial charge in [-0.1, -0.05) is 18.2 Å². The lowest BCUT2D eigenvalue weighted by molar-refractivity contribution is 0.0734. The molecule has 1 aliphatic carbocycles. The molecule has 1 atom stereocenters. The summed E-state index contributed by atoms with van der Waals surface area (Å²) < 4.78 is 38.7. The maximum absolute atomic E-state index is 15.0. The van der Waals surface area contributed by atoms with Crippen LogP contribution in [0.1, 0.15) is 67.9 Å². The van der Waals surface area contributed by atoms with Crippen LogP contribution >= 0.6 is 7.14 Å². The van der Waals surface area contributed by atoms with Crippen molar-refractivity contribution >= 4 is 13.1 Å². The van der Waals surface area contributed by atoms with Gasteiger partial charge in [-0.25, -0.2) is 14.2 Å². The topological polar surface area (TPSA) is 68.7 Å². The Kier molecular flexibility index (Phi) is 9.71. The van der Waals surface area contributed by atoms with Gasteiger partial charge in [-0.05, 0) is 107 Å². The largest absolute Gasteiger partial charge is 0.481 e. The Balaban J connectivity index is 1.66. The highest BCUT2D eigenvalue weighted by molar-refractivity contribution is 7.62. The zero-order valence-corrected chi connectivity index (χ0v) is 26.1. The zero-order chi connectivity index (χ0) is 29.9. The minimum absolute atomic E-state index is 0.200. The Bertz CT molecular complexity index is 1420. The number of methoxy groups -OCH3 is 1. The molecule has 8 heteroatoms. The van der Waals surface area contributed by atoms with E-state index in [0.717, 1.165) is 30.2 Å². The van der Waals surface area contributed by atoms with E-state index in [2.05, 4.69) is 37.6 Å². The van der Waals surface area contributed by atoms with E-state index in [0.29, 0.717) is 46.9 Å². The molecule has 1 aliphatic rings. The van der Waals surface area contributed by atoms with E-state index in [-0.39, 0.29) is 18.0 Å². The van der Waals surface area contributed by atoms with Crippen LogP contribution in [0.3, 0.4) is 0 Å². The third kappa shape index (κ3) is 8.05. The summed E-state index contributed by atoms with van der Waals surface area (Å²) in [5.41, 5.74) is 3.28. The van der Waals surface area contributed by atoms with Crippen molar-refractivity contribution in [1.29, 1.82) is 0 Å². The van der Waals surface area contributed by atoms with E-state index in [9.17, 15) is 13.8 Å².